The molecule has 3 rings (SSSR count). The van der Waals surface area contributed by atoms with Crippen LogP contribution in [-0.4, -0.2) is 36.2 Å². The van der Waals surface area contributed by atoms with Crippen molar-refractivity contribution in [1.29, 1.82) is 0 Å². The molecule has 1 aromatic carbocycles. The molecule has 0 radical (unpaired) electrons. The number of nitrogens with two attached hydrogens (primary N) is 1. The van der Waals surface area contributed by atoms with Crippen molar-refractivity contribution in [2.45, 2.75) is 25.5 Å². The Balaban J connectivity index is 1.68. The number of benzene rings is 1. The molecule has 1 unspecified atom stereocenters. The molecule has 5 nitrogen and oxygen atoms in total. The number of hydrogen-bond donors (Lipinski definition) is 1. The van der Waals surface area contributed by atoms with Gasteiger partial charge in [-0.25, -0.2) is 4.98 Å². The molecule has 0 bridgehead atoms. The topological polar surface area (TPSA) is 64.5 Å². The maximum Gasteiger partial charge on any atom is 0.209 e. The predicted molar refractivity (Wildman–Crippen MR) is 73.7 cm³/mol. The molecule has 2 N–H and O–H groups in total. The summed E-state index contributed by atoms with van der Waals surface area (Å²) in [5.74, 6) is 0.702. The molecule has 0 spiro atoms. The Morgan fingerprint density at radius 1 is 1.47 bits per heavy atom. The van der Waals surface area contributed by atoms with Gasteiger partial charge in [0, 0.05) is 13.2 Å². The number of likely N-dealkylation sites (N-methyl/N-ethyl adjacent to an activating group) is 1. The highest BCUT2D eigenvalue weighted by molar-refractivity contribution is 5.85. The van der Waals surface area contributed by atoms with Crippen LogP contribution in [0.5, 0.6) is 0 Å². The van der Waals surface area contributed by atoms with Crippen LogP contribution in [0.15, 0.2) is 22.6 Å². The Hall–Kier alpha value is -1.59. The van der Waals surface area contributed by atoms with E-state index in [1.165, 1.54) is 0 Å². The van der Waals surface area contributed by atoms with E-state index in [0.29, 0.717) is 24.2 Å². The van der Waals surface area contributed by atoms with Crippen molar-refractivity contribution in [2.24, 2.45) is 0 Å². The van der Waals surface area contributed by atoms with Gasteiger partial charge in [0.1, 0.15) is 5.52 Å². The van der Waals surface area contributed by atoms with Gasteiger partial charge in [0.2, 0.25) is 5.89 Å². The SMILES string of the molecule is CN(Cc1nc2c(N)cccc2o1)CC1CCCO1. The van der Waals surface area contributed by atoms with E-state index in [1.807, 2.05) is 18.2 Å². The lowest BCUT2D eigenvalue weighted by atomic mass is 10.2. The zero-order chi connectivity index (χ0) is 13.2. The van der Waals surface area contributed by atoms with Gasteiger partial charge in [-0.1, -0.05) is 6.07 Å². The summed E-state index contributed by atoms with van der Waals surface area (Å²) in [5, 5.41) is 0. The highest BCUT2D eigenvalue weighted by Gasteiger charge is 2.18. The fourth-order valence-electron chi connectivity index (χ4n) is 2.51. The van der Waals surface area contributed by atoms with Gasteiger partial charge in [0.05, 0.1) is 18.3 Å². The molecule has 19 heavy (non-hydrogen) atoms. The van der Waals surface area contributed by atoms with Gasteiger partial charge in [-0.15, -0.1) is 0 Å². The van der Waals surface area contributed by atoms with Gasteiger partial charge >= 0.3 is 0 Å². The monoisotopic (exact) mass is 261 g/mol. The van der Waals surface area contributed by atoms with Gasteiger partial charge in [-0.2, -0.15) is 0 Å². The Morgan fingerprint density at radius 3 is 3.11 bits per heavy atom. The Bertz CT molecular complexity index is 561. The first-order chi connectivity index (χ1) is 9.22. The van der Waals surface area contributed by atoms with E-state index in [2.05, 4.69) is 16.9 Å². The first kappa shape index (κ1) is 12.4. The van der Waals surface area contributed by atoms with Crippen LogP contribution in [0.25, 0.3) is 11.1 Å². The zero-order valence-electron chi connectivity index (χ0n) is 11.1. The maximum absolute atomic E-state index is 5.88. The van der Waals surface area contributed by atoms with Crippen molar-refractivity contribution < 1.29 is 9.15 Å². The van der Waals surface area contributed by atoms with Gasteiger partial charge in [0.25, 0.3) is 0 Å². The van der Waals surface area contributed by atoms with Crippen molar-refractivity contribution in [3.63, 3.8) is 0 Å². The van der Waals surface area contributed by atoms with E-state index < -0.39 is 0 Å². The van der Waals surface area contributed by atoms with E-state index in [0.717, 1.165) is 37.1 Å². The number of fused-ring (bicyclic) bond motifs is 1. The molecule has 1 atom stereocenters. The molecule has 0 amide bonds. The minimum absolute atomic E-state index is 0.347. The van der Waals surface area contributed by atoms with E-state index in [-0.39, 0.29) is 0 Å². The number of ether oxygens (including phenoxy) is 1. The fourth-order valence-corrected chi connectivity index (χ4v) is 2.51. The molecule has 2 heterocycles. The summed E-state index contributed by atoms with van der Waals surface area (Å²) in [6, 6.07) is 5.61. The number of hydrogen-bond acceptors (Lipinski definition) is 5. The van der Waals surface area contributed by atoms with Crippen LogP contribution in [0.3, 0.4) is 0 Å². The second-order valence-electron chi connectivity index (χ2n) is 5.13. The van der Waals surface area contributed by atoms with Crippen LogP contribution >= 0.6 is 0 Å². The van der Waals surface area contributed by atoms with E-state index in [9.17, 15) is 0 Å². The third-order valence-corrected chi connectivity index (χ3v) is 3.44. The Kier molecular flexibility index (Phi) is 3.40. The zero-order valence-corrected chi connectivity index (χ0v) is 11.1. The summed E-state index contributed by atoms with van der Waals surface area (Å²) in [7, 11) is 2.06. The molecule has 102 valence electrons. The van der Waals surface area contributed by atoms with Gasteiger partial charge < -0.3 is 14.9 Å². The highest BCUT2D eigenvalue weighted by atomic mass is 16.5. The summed E-state index contributed by atoms with van der Waals surface area (Å²) >= 11 is 0. The minimum Gasteiger partial charge on any atom is -0.439 e. The van der Waals surface area contributed by atoms with Crippen LogP contribution in [0.1, 0.15) is 18.7 Å². The van der Waals surface area contributed by atoms with E-state index >= 15 is 0 Å². The first-order valence-corrected chi connectivity index (χ1v) is 6.66. The summed E-state index contributed by atoms with van der Waals surface area (Å²) in [6.45, 7) is 2.47. The van der Waals surface area contributed by atoms with Crippen LogP contribution in [-0.2, 0) is 11.3 Å². The van der Waals surface area contributed by atoms with Crippen LogP contribution in [0.4, 0.5) is 5.69 Å². The van der Waals surface area contributed by atoms with E-state index in [4.69, 9.17) is 14.9 Å². The molecule has 1 aromatic heterocycles. The number of nitrogens with zero attached hydrogens (tertiary/aromatic N) is 2. The number of anilines is 1. The molecule has 1 aliphatic rings. The van der Waals surface area contributed by atoms with Gasteiger partial charge in [-0.05, 0) is 32.0 Å². The second kappa shape index (κ2) is 5.19. The van der Waals surface area contributed by atoms with Crippen LogP contribution in [0, 0.1) is 0 Å². The van der Waals surface area contributed by atoms with Crippen molar-refractivity contribution in [3.8, 4) is 0 Å². The average molecular weight is 261 g/mol. The largest absolute Gasteiger partial charge is 0.439 e. The Labute approximate surface area is 112 Å². The Morgan fingerprint density at radius 2 is 2.37 bits per heavy atom. The second-order valence-corrected chi connectivity index (χ2v) is 5.13. The standard InChI is InChI=1S/C14H19N3O2/c1-17(8-10-4-3-7-18-10)9-13-16-14-11(15)5-2-6-12(14)19-13/h2,5-6,10H,3-4,7-9,15H2,1H3. The van der Waals surface area contributed by atoms with Gasteiger partial charge in [0.15, 0.2) is 5.58 Å². The fraction of sp³-hybridized carbons (Fsp3) is 0.500. The molecule has 1 saturated heterocycles. The summed E-state index contributed by atoms with van der Waals surface area (Å²) < 4.78 is 11.3. The molecule has 0 aliphatic carbocycles. The summed E-state index contributed by atoms with van der Waals surface area (Å²) in [5.41, 5.74) is 8.04. The minimum atomic E-state index is 0.347. The number of para-hydroxylation sites is 1. The molecule has 5 heteroatoms. The molecule has 2 aromatic rings. The van der Waals surface area contributed by atoms with Crippen molar-refractivity contribution in [2.75, 3.05) is 25.9 Å². The number of oxazole rings is 1. The predicted octanol–water partition coefficient (Wildman–Crippen LogP) is 2.02. The third kappa shape index (κ3) is 2.72. The lowest BCUT2D eigenvalue weighted by molar-refractivity contribution is 0.0771. The maximum atomic E-state index is 5.88. The molecular formula is C14H19N3O2. The van der Waals surface area contributed by atoms with Crippen molar-refractivity contribution >= 4 is 16.8 Å². The van der Waals surface area contributed by atoms with Crippen molar-refractivity contribution in [1.82, 2.24) is 9.88 Å². The normalized spacial score (nSPS) is 19.6. The van der Waals surface area contributed by atoms with Crippen LogP contribution < -0.4 is 5.73 Å². The van der Waals surface area contributed by atoms with Crippen LogP contribution in [0.2, 0.25) is 0 Å². The first-order valence-electron chi connectivity index (χ1n) is 6.66. The number of aromatic nitrogens is 1. The van der Waals surface area contributed by atoms with Gasteiger partial charge in [-0.3, -0.25) is 4.90 Å². The quantitative estimate of drug-likeness (QED) is 0.853. The smallest absolute Gasteiger partial charge is 0.209 e. The molecule has 1 aliphatic heterocycles. The molecule has 0 saturated carbocycles. The average Bonchev–Trinajstić information content (AvgIpc) is 2.98. The third-order valence-electron chi connectivity index (χ3n) is 3.44. The highest BCUT2D eigenvalue weighted by Crippen LogP contribution is 2.22. The van der Waals surface area contributed by atoms with Crippen molar-refractivity contribution in [3.05, 3.63) is 24.1 Å². The summed E-state index contributed by atoms with van der Waals surface area (Å²) in [4.78, 5) is 6.63. The summed E-state index contributed by atoms with van der Waals surface area (Å²) in [6.07, 6.45) is 2.66. The molecular weight excluding hydrogens is 242 g/mol. The number of rotatable bonds is 4. The lowest BCUT2D eigenvalue weighted by Crippen LogP contribution is -2.28. The molecule has 1 fully saturated rings. The lowest BCUT2D eigenvalue weighted by Gasteiger charge is -2.18. The number of nitrogen functional groups attached to an aromatic ring is 1. The van der Waals surface area contributed by atoms with E-state index in [1.54, 1.807) is 0 Å².